The van der Waals surface area contributed by atoms with Crippen molar-refractivity contribution >= 4 is 0 Å². The van der Waals surface area contributed by atoms with Crippen LogP contribution in [0, 0.1) is 5.41 Å². The number of ether oxygens (including phenoxy) is 1. The molecule has 12 heavy (non-hydrogen) atoms. The van der Waals surface area contributed by atoms with Gasteiger partial charge in [-0.2, -0.15) is 0 Å². The second-order valence-electron chi connectivity index (χ2n) is 3.74. The Morgan fingerprint density at radius 2 is 2.00 bits per heavy atom. The third kappa shape index (κ3) is 1.17. The fourth-order valence-corrected chi connectivity index (χ4v) is 2.68. The Kier molecular flexibility index (Phi) is 3.13. The number of hydrogen-bond donors (Lipinski definition) is 1. The lowest BCUT2D eigenvalue weighted by Gasteiger charge is -2.55. The fraction of sp³-hybridized carbons (Fsp3) is 1.00. The van der Waals surface area contributed by atoms with Gasteiger partial charge >= 0.3 is 0 Å². The third-order valence-corrected chi connectivity index (χ3v) is 3.73. The summed E-state index contributed by atoms with van der Waals surface area (Å²) < 4.78 is 5.48. The molecule has 0 aromatic carbocycles. The van der Waals surface area contributed by atoms with E-state index in [1.54, 1.807) is 0 Å². The second kappa shape index (κ2) is 3.75. The van der Waals surface area contributed by atoms with Crippen molar-refractivity contribution in [3.8, 4) is 0 Å². The van der Waals surface area contributed by atoms with Crippen molar-refractivity contribution in [2.24, 2.45) is 5.41 Å². The van der Waals surface area contributed by atoms with Crippen LogP contribution in [-0.4, -0.2) is 26.3 Å². The largest absolute Gasteiger partial charge is 0.381 e. The molecule has 0 amide bonds. The van der Waals surface area contributed by atoms with E-state index in [0.29, 0.717) is 17.6 Å². The monoisotopic (exact) mass is 171 g/mol. The van der Waals surface area contributed by atoms with Crippen LogP contribution < -0.4 is 5.32 Å². The highest BCUT2D eigenvalue weighted by molar-refractivity contribution is 5.05. The quantitative estimate of drug-likeness (QED) is 0.696. The first-order valence-corrected chi connectivity index (χ1v) is 4.95. The molecule has 1 rings (SSSR count). The summed E-state index contributed by atoms with van der Waals surface area (Å²) in [4.78, 5) is 0. The fourth-order valence-electron chi connectivity index (χ4n) is 2.68. The maximum absolute atomic E-state index is 5.48. The van der Waals surface area contributed by atoms with Crippen LogP contribution in [0.3, 0.4) is 0 Å². The van der Waals surface area contributed by atoms with Crippen LogP contribution in [0.25, 0.3) is 0 Å². The molecule has 0 aliphatic heterocycles. The molecule has 0 bridgehead atoms. The van der Waals surface area contributed by atoms with Crippen molar-refractivity contribution in [1.29, 1.82) is 0 Å². The van der Waals surface area contributed by atoms with Gasteiger partial charge < -0.3 is 10.1 Å². The van der Waals surface area contributed by atoms with Gasteiger partial charge in [0.15, 0.2) is 0 Å². The van der Waals surface area contributed by atoms with E-state index in [1.165, 1.54) is 19.3 Å². The van der Waals surface area contributed by atoms with Crippen LogP contribution in [0.4, 0.5) is 0 Å². The highest BCUT2D eigenvalue weighted by atomic mass is 16.5. The standard InChI is InChI=1S/C10H21NO/c1-5-10(6-2)8(11-3)7-9(10)12-4/h8-9,11H,5-7H2,1-4H3/t8-,9+/m0/s1. The number of nitrogens with one attached hydrogen (secondary N) is 1. The Morgan fingerprint density at radius 1 is 1.42 bits per heavy atom. The van der Waals surface area contributed by atoms with Gasteiger partial charge in [-0.05, 0) is 26.3 Å². The Balaban J connectivity index is 2.65. The minimum atomic E-state index is 0.406. The van der Waals surface area contributed by atoms with Gasteiger partial charge in [-0.15, -0.1) is 0 Å². The molecule has 0 aromatic rings. The van der Waals surface area contributed by atoms with Gasteiger partial charge in [0.25, 0.3) is 0 Å². The van der Waals surface area contributed by atoms with Crippen molar-refractivity contribution in [3.05, 3.63) is 0 Å². The lowest BCUT2D eigenvalue weighted by Crippen LogP contribution is -2.62. The van der Waals surface area contributed by atoms with Crippen molar-refractivity contribution in [2.75, 3.05) is 14.2 Å². The molecule has 0 unspecified atom stereocenters. The van der Waals surface area contributed by atoms with Crippen molar-refractivity contribution in [1.82, 2.24) is 5.32 Å². The van der Waals surface area contributed by atoms with Gasteiger partial charge in [0.2, 0.25) is 0 Å². The average Bonchev–Trinajstić information content (AvgIpc) is 2.07. The Labute approximate surface area is 75.7 Å². The summed E-state index contributed by atoms with van der Waals surface area (Å²) in [6, 6.07) is 0.664. The van der Waals surface area contributed by atoms with E-state index in [1.807, 2.05) is 7.11 Å². The molecule has 72 valence electrons. The lowest BCUT2D eigenvalue weighted by molar-refractivity contribution is -0.121. The molecule has 1 N–H and O–H groups in total. The van der Waals surface area contributed by atoms with Gasteiger partial charge in [0.1, 0.15) is 0 Å². The zero-order valence-electron chi connectivity index (χ0n) is 8.68. The van der Waals surface area contributed by atoms with E-state index in [-0.39, 0.29) is 0 Å². The first kappa shape index (κ1) is 10.0. The van der Waals surface area contributed by atoms with E-state index in [0.717, 1.165) is 0 Å². The van der Waals surface area contributed by atoms with E-state index in [9.17, 15) is 0 Å². The van der Waals surface area contributed by atoms with Gasteiger partial charge in [-0.3, -0.25) is 0 Å². The topological polar surface area (TPSA) is 21.3 Å². The van der Waals surface area contributed by atoms with Crippen LogP contribution in [-0.2, 0) is 4.74 Å². The SMILES string of the molecule is CCC1(CC)[C@@H](NC)C[C@H]1OC. The molecule has 0 spiro atoms. The van der Waals surface area contributed by atoms with Gasteiger partial charge in [-0.25, -0.2) is 0 Å². The summed E-state index contributed by atoms with van der Waals surface area (Å²) in [5.74, 6) is 0. The first-order chi connectivity index (χ1) is 5.75. The van der Waals surface area contributed by atoms with E-state index in [4.69, 9.17) is 4.74 Å². The number of hydrogen-bond acceptors (Lipinski definition) is 2. The molecule has 2 nitrogen and oxygen atoms in total. The molecule has 0 heterocycles. The van der Waals surface area contributed by atoms with E-state index in [2.05, 4.69) is 26.2 Å². The van der Waals surface area contributed by atoms with Gasteiger partial charge in [0.05, 0.1) is 6.10 Å². The maximum atomic E-state index is 5.48. The molecule has 0 radical (unpaired) electrons. The first-order valence-electron chi connectivity index (χ1n) is 4.95. The Morgan fingerprint density at radius 3 is 2.33 bits per heavy atom. The smallest absolute Gasteiger partial charge is 0.0657 e. The summed E-state index contributed by atoms with van der Waals surface area (Å²) in [6.45, 7) is 4.53. The molecular formula is C10H21NO. The summed E-state index contributed by atoms with van der Waals surface area (Å²) >= 11 is 0. The normalized spacial score (nSPS) is 33.0. The Bertz CT molecular complexity index is 131. The molecule has 1 saturated carbocycles. The molecule has 2 heteroatoms. The predicted octanol–water partition coefficient (Wildman–Crippen LogP) is 1.80. The minimum absolute atomic E-state index is 0.406. The lowest BCUT2D eigenvalue weighted by atomic mass is 9.59. The molecule has 2 atom stereocenters. The second-order valence-corrected chi connectivity index (χ2v) is 3.74. The highest BCUT2D eigenvalue weighted by Gasteiger charge is 2.52. The van der Waals surface area contributed by atoms with Crippen LogP contribution in [0.1, 0.15) is 33.1 Å². The van der Waals surface area contributed by atoms with Crippen LogP contribution >= 0.6 is 0 Å². The van der Waals surface area contributed by atoms with E-state index < -0.39 is 0 Å². The zero-order valence-corrected chi connectivity index (χ0v) is 8.68. The Hall–Kier alpha value is -0.0800. The number of rotatable bonds is 4. The molecule has 0 aromatic heterocycles. The van der Waals surface area contributed by atoms with Crippen molar-refractivity contribution < 1.29 is 4.74 Å². The summed E-state index contributed by atoms with van der Waals surface area (Å²) in [5.41, 5.74) is 0.406. The van der Waals surface area contributed by atoms with Gasteiger partial charge in [0, 0.05) is 18.6 Å². The van der Waals surface area contributed by atoms with Crippen molar-refractivity contribution in [2.45, 2.75) is 45.3 Å². The summed E-state index contributed by atoms with van der Waals surface area (Å²) in [7, 11) is 3.88. The molecular weight excluding hydrogens is 150 g/mol. The van der Waals surface area contributed by atoms with Crippen molar-refractivity contribution in [3.63, 3.8) is 0 Å². The molecule has 1 aliphatic rings. The molecule has 1 aliphatic carbocycles. The van der Waals surface area contributed by atoms with Crippen LogP contribution in [0.15, 0.2) is 0 Å². The molecule has 1 fully saturated rings. The maximum Gasteiger partial charge on any atom is 0.0657 e. The minimum Gasteiger partial charge on any atom is -0.381 e. The zero-order chi connectivity index (χ0) is 9.19. The van der Waals surface area contributed by atoms with Crippen LogP contribution in [0.2, 0.25) is 0 Å². The molecule has 0 saturated heterocycles. The van der Waals surface area contributed by atoms with Crippen LogP contribution in [0.5, 0.6) is 0 Å². The highest BCUT2D eigenvalue weighted by Crippen LogP contribution is 2.48. The summed E-state index contributed by atoms with van der Waals surface area (Å²) in [5, 5.41) is 3.38. The van der Waals surface area contributed by atoms with E-state index >= 15 is 0 Å². The summed E-state index contributed by atoms with van der Waals surface area (Å²) in [6.07, 6.45) is 4.08. The third-order valence-electron chi connectivity index (χ3n) is 3.73. The van der Waals surface area contributed by atoms with Gasteiger partial charge in [-0.1, -0.05) is 13.8 Å². The predicted molar refractivity (Wildman–Crippen MR) is 51.3 cm³/mol. The average molecular weight is 171 g/mol. The number of methoxy groups -OCH3 is 1.